The number of rotatable bonds is 5. The fraction of sp³-hybridized carbons (Fsp3) is 0.111. The molecule has 1 N–H and O–H groups in total. The van der Waals surface area contributed by atoms with Crippen LogP contribution in [0.25, 0.3) is 21.6 Å². The van der Waals surface area contributed by atoms with Crippen molar-refractivity contribution in [3.63, 3.8) is 0 Å². The van der Waals surface area contributed by atoms with Crippen molar-refractivity contribution in [3.05, 3.63) is 59.3 Å². The van der Waals surface area contributed by atoms with Gasteiger partial charge in [0.2, 0.25) is 0 Å². The minimum absolute atomic E-state index is 0.224. The Morgan fingerprint density at radius 1 is 1.28 bits per heavy atom. The van der Waals surface area contributed by atoms with Crippen molar-refractivity contribution in [3.8, 4) is 16.4 Å². The zero-order valence-electron chi connectivity index (χ0n) is 13.3. The molecule has 0 radical (unpaired) electrons. The molecule has 0 spiro atoms. The van der Waals surface area contributed by atoms with Gasteiger partial charge >= 0.3 is 0 Å². The molecule has 126 valence electrons. The molecule has 0 aliphatic carbocycles. The molecule has 0 saturated carbocycles. The van der Waals surface area contributed by atoms with Crippen LogP contribution in [0.4, 0.5) is 0 Å². The number of para-hydroxylation sites is 1. The van der Waals surface area contributed by atoms with Crippen LogP contribution in [-0.2, 0) is 6.54 Å². The van der Waals surface area contributed by atoms with Gasteiger partial charge in [-0.2, -0.15) is 0 Å². The van der Waals surface area contributed by atoms with Gasteiger partial charge in [0.25, 0.3) is 5.91 Å². The van der Waals surface area contributed by atoms with Crippen LogP contribution >= 0.6 is 11.3 Å². The summed E-state index contributed by atoms with van der Waals surface area (Å²) in [6.07, 6.45) is 0. The molecule has 6 nitrogen and oxygen atoms in total. The van der Waals surface area contributed by atoms with Crippen LogP contribution in [0.2, 0.25) is 0 Å². The number of furan rings is 1. The van der Waals surface area contributed by atoms with E-state index in [9.17, 15) is 4.79 Å². The Morgan fingerprint density at radius 2 is 2.20 bits per heavy atom. The van der Waals surface area contributed by atoms with Crippen LogP contribution in [0.5, 0.6) is 5.75 Å². The number of hydrogen-bond donors (Lipinski definition) is 1. The summed E-state index contributed by atoms with van der Waals surface area (Å²) in [5.74, 6) is 1.18. The summed E-state index contributed by atoms with van der Waals surface area (Å²) in [4.78, 5) is 13.3. The third-order valence-electron chi connectivity index (χ3n) is 3.70. The standard InChI is InChI=1S/C18H14N2O4S/c1-22-13-5-2-4-11-8-15(23-17(11)13)18(21)19-10-12-9-14(24-20-12)16-6-3-7-25-16/h2-9H,10H2,1H3,(H,19,21). The lowest BCUT2D eigenvalue weighted by Gasteiger charge is -2.00. The van der Waals surface area contributed by atoms with Gasteiger partial charge in [0.05, 0.1) is 18.5 Å². The molecule has 4 rings (SSSR count). The van der Waals surface area contributed by atoms with E-state index in [-0.39, 0.29) is 18.2 Å². The molecule has 0 fully saturated rings. The molecular weight excluding hydrogens is 340 g/mol. The number of carbonyl (C=O) groups is 1. The van der Waals surface area contributed by atoms with Crippen LogP contribution in [0.1, 0.15) is 16.2 Å². The lowest BCUT2D eigenvalue weighted by Crippen LogP contribution is -2.22. The molecule has 0 bridgehead atoms. The van der Waals surface area contributed by atoms with E-state index in [4.69, 9.17) is 13.7 Å². The highest BCUT2D eigenvalue weighted by atomic mass is 32.1. The average molecular weight is 354 g/mol. The highest BCUT2D eigenvalue weighted by Crippen LogP contribution is 2.28. The first-order valence-corrected chi connectivity index (χ1v) is 8.47. The molecule has 0 aliphatic rings. The molecule has 1 aromatic carbocycles. The normalized spacial score (nSPS) is 10.9. The van der Waals surface area contributed by atoms with Crippen LogP contribution in [0.3, 0.4) is 0 Å². The number of aromatic nitrogens is 1. The fourth-order valence-corrected chi connectivity index (χ4v) is 3.17. The quantitative estimate of drug-likeness (QED) is 0.584. The average Bonchev–Trinajstić information content (AvgIpc) is 3.38. The van der Waals surface area contributed by atoms with Crippen molar-refractivity contribution >= 4 is 28.2 Å². The Hall–Kier alpha value is -3.06. The van der Waals surface area contributed by atoms with E-state index in [1.54, 1.807) is 30.6 Å². The second kappa shape index (κ2) is 6.45. The number of amides is 1. The first-order valence-electron chi connectivity index (χ1n) is 7.59. The SMILES string of the molecule is COc1cccc2cc(C(=O)NCc3cc(-c4cccs4)on3)oc12. The summed E-state index contributed by atoms with van der Waals surface area (Å²) in [5.41, 5.74) is 1.20. The number of ether oxygens (including phenoxy) is 1. The molecule has 1 amide bonds. The van der Waals surface area contributed by atoms with Crippen molar-refractivity contribution in [1.29, 1.82) is 0 Å². The third kappa shape index (κ3) is 3.01. The van der Waals surface area contributed by atoms with Gasteiger partial charge < -0.3 is 19.0 Å². The highest BCUT2D eigenvalue weighted by Gasteiger charge is 2.15. The Labute approximate surface area is 147 Å². The van der Waals surface area contributed by atoms with Crippen LogP contribution < -0.4 is 10.1 Å². The van der Waals surface area contributed by atoms with Gasteiger partial charge in [-0.05, 0) is 23.6 Å². The predicted octanol–water partition coefficient (Wildman–Crippen LogP) is 4.09. The van der Waals surface area contributed by atoms with E-state index in [1.807, 2.05) is 35.7 Å². The summed E-state index contributed by atoms with van der Waals surface area (Å²) in [5, 5.41) is 9.53. The Kier molecular flexibility index (Phi) is 3.99. The van der Waals surface area contributed by atoms with Crippen molar-refractivity contribution in [2.75, 3.05) is 7.11 Å². The Balaban J connectivity index is 1.47. The highest BCUT2D eigenvalue weighted by molar-refractivity contribution is 7.13. The van der Waals surface area contributed by atoms with E-state index in [0.717, 1.165) is 10.3 Å². The van der Waals surface area contributed by atoms with Gasteiger partial charge in [0, 0.05) is 11.5 Å². The number of thiophene rings is 1. The molecule has 4 aromatic rings. The van der Waals surface area contributed by atoms with E-state index in [2.05, 4.69) is 10.5 Å². The topological polar surface area (TPSA) is 77.5 Å². The zero-order valence-corrected chi connectivity index (χ0v) is 14.1. The number of carbonyl (C=O) groups excluding carboxylic acids is 1. The first-order chi connectivity index (χ1) is 12.2. The molecule has 0 aliphatic heterocycles. The van der Waals surface area contributed by atoms with Gasteiger partial charge in [-0.1, -0.05) is 23.4 Å². The monoisotopic (exact) mass is 354 g/mol. The largest absolute Gasteiger partial charge is 0.493 e. The smallest absolute Gasteiger partial charge is 0.287 e. The van der Waals surface area contributed by atoms with E-state index in [0.29, 0.717) is 22.8 Å². The summed E-state index contributed by atoms with van der Waals surface area (Å²) in [6.45, 7) is 0.252. The van der Waals surface area contributed by atoms with Crippen molar-refractivity contribution in [2.24, 2.45) is 0 Å². The lowest BCUT2D eigenvalue weighted by molar-refractivity contribution is 0.0924. The van der Waals surface area contributed by atoms with E-state index >= 15 is 0 Å². The Bertz CT molecular complexity index is 1020. The molecule has 7 heteroatoms. The maximum Gasteiger partial charge on any atom is 0.287 e. The van der Waals surface area contributed by atoms with E-state index < -0.39 is 0 Å². The summed E-state index contributed by atoms with van der Waals surface area (Å²) >= 11 is 1.57. The molecule has 0 atom stereocenters. The van der Waals surface area contributed by atoms with Gasteiger partial charge in [-0.25, -0.2) is 0 Å². The summed E-state index contributed by atoms with van der Waals surface area (Å²) < 4.78 is 16.2. The van der Waals surface area contributed by atoms with Crippen LogP contribution in [-0.4, -0.2) is 18.2 Å². The Morgan fingerprint density at radius 3 is 3.00 bits per heavy atom. The maximum atomic E-state index is 12.3. The maximum absolute atomic E-state index is 12.3. The van der Waals surface area contributed by atoms with Gasteiger partial charge in [0.15, 0.2) is 22.9 Å². The molecular formula is C18H14N2O4S. The molecule has 25 heavy (non-hydrogen) atoms. The lowest BCUT2D eigenvalue weighted by atomic mass is 10.2. The minimum Gasteiger partial charge on any atom is -0.493 e. The third-order valence-corrected chi connectivity index (χ3v) is 4.59. The van der Waals surface area contributed by atoms with Crippen molar-refractivity contribution in [1.82, 2.24) is 10.5 Å². The van der Waals surface area contributed by atoms with Crippen LogP contribution in [0, 0.1) is 0 Å². The van der Waals surface area contributed by atoms with Crippen molar-refractivity contribution in [2.45, 2.75) is 6.54 Å². The molecule has 3 heterocycles. The molecule has 3 aromatic heterocycles. The first kappa shape index (κ1) is 15.5. The fourth-order valence-electron chi connectivity index (χ4n) is 2.50. The number of hydrogen-bond acceptors (Lipinski definition) is 6. The predicted molar refractivity (Wildman–Crippen MR) is 93.8 cm³/mol. The van der Waals surface area contributed by atoms with Crippen LogP contribution in [0.15, 0.2) is 56.8 Å². The number of fused-ring (bicyclic) bond motifs is 1. The minimum atomic E-state index is -0.320. The van der Waals surface area contributed by atoms with Crippen molar-refractivity contribution < 1.29 is 18.5 Å². The summed E-state index contributed by atoms with van der Waals surface area (Å²) in [7, 11) is 1.56. The number of nitrogens with zero attached hydrogens (tertiary/aromatic N) is 1. The number of methoxy groups -OCH3 is 1. The van der Waals surface area contributed by atoms with Gasteiger partial charge in [-0.15, -0.1) is 11.3 Å². The second-order valence-corrected chi connectivity index (χ2v) is 6.28. The number of benzene rings is 1. The zero-order chi connectivity index (χ0) is 17.2. The number of nitrogens with one attached hydrogen (secondary N) is 1. The van der Waals surface area contributed by atoms with Gasteiger partial charge in [0.1, 0.15) is 5.69 Å². The second-order valence-electron chi connectivity index (χ2n) is 5.33. The molecule has 0 unspecified atom stereocenters. The van der Waals surface area contributed by atoms with Gasteiger partial charge in [-0.3, -0.25) is 4.79 Å². The van der Waals surface area contributed by atoms with E-state index in [1.165, 1.54) is 0 Å². The molecule has 0 saturated heterocycles. The summed E-state index contributed by atoms with van der Waals surface area (Å²) in [6, 6.07) is 12.9.